The molecule has 7 heteroatoms. The van der Waals surface area contributed by atoms with Crippen LogP contribution < -0.4 is 10.6 Å². The third-order valence-electron chi connectivity index (χ3n) is 2.74. The number of carboxylic acid groups (broad SMARTS) is 1. The van der Waals surface area contributed by atoms with Gasteiger partial charge in [-0.25, -0.2) is 9.59 Å². The number of anilines is 1. The predicted octanol–water partition coefficient (Wildman–Crippen LogP) is 1.46. The van der Waals surface area contributed by atoms with Crippen molar-refractivity contribution in [3.8, 4) is 0 Å². The standard InChI is InChI=1S/C13H15N3O4/c1-7-4-5-14-6-10(7)15-13(20)16-11(17)8(2)9(3)12(18)19/h4-6H,1-3H3,(H,18,19)(H2,15,16,17,20). The van der Waals surface area contributed by atoms with Crippen LogP contribution in [0.2, 0.25) is 0 Å². The first-order valence-corrected chi connectivity index (χ1v) is 5.76. The highest BCUT2D eigenvalue weighted by molar-refractivity contribution is 6.10. The molecule has 20 heavy (non-hydrogen) atoms. The van der Waals surface area contributed by atoms with Crippen LogP contribution in [0.3, 0.4) is 0 Å². The number of aryl methyl sites for hydroxylation is 1. The number of hydrogen-bond acceptors (Lipinski definition) is 4. The number of aliphatic carboxylic acids is 1. The highest BCUT2D eigenvalue weighted by Gasteiger charge is 2.15. The number of imide groups is 1. The van der Waals surface area contributed by atoms with Gasteiger partial charge in [-0.15, -0.1) is 0 Å². The van der Waals surface area contributed by atoms with Gasteiger partial charge in [0.15, 0.2) is 0 Å². The SMILES string of the molecule is CC(C(=O)O)=C(C)C(=O)NC(=O)Nc1cnccc1C. The van der Waals surface area contributed by atoms with E-state index in [1.807, 2.05) is 0 Å². The lowest BCUT2D eigenvalue weighted by atomic mass is 10.1. The summed E-state index contributed by atoms with van der Waals surface area (Å²) in [7, 11) is 0. The third kappa shape index (κ3) is 3.91. The molecule has 1 aromatic heterocycles. The molecule has 0 radical (unpaired) electrons. The maximum Gasteiger partial charge on any atom is 0.331 e. The van der Waals surface area contributed by atoms with Gasteiger partial charge in [-0.2, -0.15) is 0 Å². The first-order chi connectivity index (χ1) is 9.32. The molecule has 0 atom stereocenters. The van der Waals surface area contributed by atoms with Gasteiger partial charge in [0.25, 0.3) is 5.91 Å². The quantitative estimate of drug-likeness (QED) is 0.725. The van der Waals surface area contributed by atoms with Crippen LogP contribution in [-0.4, -0.2) is 28.0 Å². The maximum atomic E-state index is 11.7. The van der Waals surface area contributed by atoms with Gasteiger partial charge in [-0.05, 0) is 32.4 Å². The molecule has 106 valence electrons. The van der Waals surface area contributed by atoms with E-state index in [2.05, 4.69) is 15.6 Å². The van der Waals surface area contributed by atoms with Crippen molar-refractivity contribution in [1.82, 2.24) is 10.3 Å². The topological polar surface area (TPSA) is 108 Å². The van der Waals surface area contributed by atoms with Crippen molar-refractivity contribution in [1.29, 1.82) is 0 Å². The van der Waals surface area contributed by atoms with Gasteiger partial charge < -0.3 is 10.4 Å². The van der Waals surface area contributed by atoms with E-state index in [1.165, 1.54) is 20.0 Å². The Balaban J connectivity index is 2.73. The van der Waals surface area contributed by atoms with Gasteiger partial charge in [-0.1, -0.05) is 0 Å². The van der Waals surface area contributed by atoms with Crippen LogP contribution in [0.25, 0.3) is 0 Å². The summed E-state index contributed by atoms with van der Waals surface area (Å²) in [4.78, 5) is 37.9. The van der Waals surface area contributed by atoms with E-state index in [0.717, 1.165) is 5.56 Å². The normalized spacial score (nSPS) is 11.3. The van der Waals surface area contributed by atoms with E-state index in [0.29, 0.717) is 5.69 Å². The summed E-state index contributed by atoms with van der Waals surface area (Å²) in [6.07, 6.45) is 3.03. The number of rotatable bonds is 3. The molecule has 0 spiro atoms. The maximum absolute atomic E-state index is 11.7. The fourth-order valence-electron chi connectivity index (χ4n) is 1.28. The first kappa shape index (κ1) is 15.4. The summed E-state index contributed by atoms with van der Waals surface area (Å²) in [5, 5.41) is 13.3. The minimum absolute atomic E-state index is 0.0319. The van der Waals surface area contributed by atoms with E-state index in [4.69, 9.17) is 5.11 Å². The summed E-state index contributed by atoms with van der Waals surface area (Å²) in [5.74, 6) is -1.97. The van der Waals surface area contributed by atoms with E-state index in [1.54, 1.807) is 19.2 Å². The van der Waals surface area contributed by atoms with Gasteiger partial charge in [0.1, 0.15) is 0 Å². The average Bonchev–Trinajstić information content (AvgIpc) is 2.39. The number of nitrogens with one attached hydrogen (secondary N) is 2. The number of carboxylic acids is 1. The molecule has 7 nitrogen and oxygen atoms in total. The van der Waals surface area contributed by atoms with Crippen LogP contribution in [0.4, 0.5) is 10.5 Å². The largest absolute Gasteiger partial charge is 0.478 e. The number of amides is 3. The Morgan fingerprint density at radius 2 is 1.85 bits per heavy atom. The second-order valence-electron chi connectivity index (χ2n) is 4.15. The Bertz CT molecular complexity index is 593. The highest BCUT2D eigenvalue weighted by atomic mass is 16.4. The monoisotopic (exact) mass is 277 g/mol. The average molecular weight is 277 g/mol. The molecule has 0 aliphatic rings. The van der Waals surface area contributed by atoms with Crippen LogP contribution in [-0.2, 0) is 9.59 Å². The summed E-state index contributed by atoms with van der Waals surface area (Å²) in [5.41, 5.74) is 1.11. The summed E-state index contributed by atoms with van der Waals surface area (Å²) in [6.45, 7) is 4.40. The van der Waals surface area contributed by atoms with Gasteiger partial charge in [-0.3, -0.25) is 15.1 Å². The molecule has 1 aromatic rings. The van der Waals surface area contributed by atoms with Crippen molar-refractivity contribution in [2.24, 2.45) is 0 Å². The molecular weight excluding hydrogens is 262 g/mol. The molecule has 0 aliphatic carbocycles. The molecule has 1 rings (SSSR count). The lowest BCUT2D eigenvalue weighted by Gasteiger charge is -2.09. The van der Waals surface area contributed by atoms with E-state index >= 15 is 0 Å². The number of aromatic nitrogens is 1. The fraction of sp³-hybridized carbons (Fsp3) is 0.231. The zero-order valence-corrected chi connectivity index (χ0v) is 11.4. The molecule has 0 unspecified atom stereocenters. The number of hydrogen-bond donors (Lipinski definition) is 3. The number of pyridine rings is 1. The Morgan fingerprint density at radius 1 is 1.20 bits per heavy atom. The molecule has 0 aromatic carbocycles. The molecule has 0 saturated carbocycles. The van der Waals surface area contributed by atoms with E-state index in [9.17, 15) is 14.4 Å². The van der Waals surface area contributed by atoms with E-state index < -0.39 is 17.9 Å². The molecule has 0 saturated heterocycles. The molecular formula is C13H15N3O4. The fourth-order valence-corrected chi connectivity index (χ4v) is 1.28. The van der Waals surface area contributed by atoms with Gasteiger partial charge in [0.2, 0.25) is 0 Å². The van der Waals surface area contributed by atoms with Crippen molar-refractivity contribution in [3.63, 3.8) is 0 Å². The Morgan fingerprint density at radius 3 is 2.40 bits per heavy atom. The van der Waals surface area contributed by atoms with Gasteiger partial charge >= 0.3 is 12.0 Å². The second-order valence-corrected chi connectivity index (χ2v) is 4.15. The molecule has 3 N–H and O–H groups in total. The third-order valence-corrected chi connectivity index (χ3v) is 2.74. The minimum atomic E-state index is -1.21. The number of carbonyl (C=O) groups excluding carboxylic acids is 2. The summed E-state index contributed by atoms with van der Waals surface area (Å²) < 4.78 is 0. The molecule has 0 aliphatic heterocycles. The molecule has 0 bridgehead atoms. The Kier molecular flexibility index (Phi) is 4.96. The van der Waals surface area contributed by atoms with Crippen molar-refractivity contribution < 1.29 is 19.5 Å². The predicted molar refractivity (Wildman–Crippen MR) is 72.1 cm³/mol. The van der Waals surface area contributed by atoms with Crippen LogP contribution in [0.1, 0.15) is 19.4 Å². The van der Waals surface area contributed by atoms with Crippen LogP contribution >= 0.6 is 0 Å². The van der Waals surface area contributed by atoms with Gasteiger partial charge in [0.05, 0.1) is 11.9 Å². The van der Waals surface area contributed by atoms with Gasteiger partial charge in [0, 0.05) is 17.3 Å². The van der Waals surface area contributed by atoms with Crippen LogP contribution in [0, 0.1) is 6.92 Å². The number of urea groups is 1. The summed E-state index contributed by atoms with van der Waals surface area (Å²) >= 11 is 0. The zero-order chi connectivity index (χ0) is 15.3. The second kappa shape index (κ2) is 6.46. The van der Waals surface area contributed by atoms with Crippen LogP contribution in [0.15, 0.2) is 29.6 Å². The summed E-state index contributed by atoms with van der Waals surface area (Å²) in [6, 6.07) is 0.959. The number of carbonyl (C=O) groups is 3. The molecule has 1 heterocycles. The van der Waals surface area contributed by atoms with Crippen molar-refractivity contribution in [3.05, 3.63) is 35.2 Å². The van der Waals surface area contributed by atoms with Crippen LogP contribution in [0.5, 0.6) is 0 Å². The molecule has 0 fully saturated rings. The Labute approximate surface area is 115 Å². The lowest BCUT2D eigenvalue weighted by molar-refractivity contribution is -0.133. The Hall–Kier alpha value is -2.70. The van der Waals surface area contributed by atoms with Crippen molar-refractivity contribution >= 4 is 23.6 Å². The van der Waals surface area contributed by atoms with Crippen molar-refractivity contribution in [2.45, 2.75) is 20.8 Å². The lowest BCUT2D eigenvalue weighted by Crippen LogP contribution is -2.35. The smallest absolute Gasteiger partial charge is 0.331 e. The first-order valence-electron chi connectivity index (χ1n) is 5.76. The number of nitrogens with zero attached hydrogens (tertiary/aromatic N) is 1. The zero-order valence-electron chi connectivity index (χ0n) is 11.4. The molecule has 3 amide bonds. The highest BCUT2D eigenvalue weighted by Crippen LogP contribution is 2.11. The van der Waals surface area contributed by atoms with Crippen molar-refractivity contribution in [2.75, 3.05) is 5.32 Å². The minimum Gasteiger partial charge on any atom is -0.478 e. The van der Waals surface area contributed by atoms with E-state index in [-0.39, 0.29) is 11.1 Å².